The molecule has 0 spiro atoms. The minimum Gasteiger partial charge on any atom is -0.298 e. The van der Waals surface area contributed by atoms with Crippen LogP contribution in [0.5, 0.6) is 0 Å². The molecule has 0 aromatic rings. The zero-order valence-corrected chi connectivity index (χ0v) is 3.51. The fraction of sp³-hybridized carbons (Fsp3) is 0.333. The molecule has 1 rings (SSSR count). The first-order chi connectivity index (χ1) is 3.30. The van der Waals surface area contributed by atoms with E-state index in [-0.39, 0.29) is 12.3 Å². The van der Waals surface area contributed by atoms with Crippen molar-refractivity contribution in [3.63, 3.8) is 0 Å². The molecule has 7 heavy (non-hydrogen) atoms. The molecule has 0 aliphatic carbocycles. The van der Waals surface area contributed by atoms with Gasteiger partial charge in [-0.25, -0.2) is 0 Å². The van der Waals surface area contributed by atoms with Crippen LogP contribution in [-0.2, 0) is 4.79 Å². The maximum atomic E-state index is 10.1. The zero-order chi connectivity index (χ0) is 5.28. The second-order valence-corrected chi connectivity index (χ2v) is 1.18. The van der Waals surface area contributed by atoms with E-state index in [1.54, 1.807) is 0 Å². The molecule has 0 atom stereocenters. The van der Waals surface area contributed by atoms with Crippen molar-refractivity contribution in [1.29, 1.82) is 5.41 Å². The van der Waals surface area contributed by atoms with Gasteiger partial charge in [0.2, 0.25) is 0 Å². The van der Waals surface area contributed by atoms with Crippen LogP contribution in [0.25, 0.3) is 0 Å². The van der Waals surface area contributed by atoms with E-state index in [0.29, 0.717) is 0 Å². The van der Waals surface area contributed by atoms with E-state index < -0.39 is 5.91 Å². The molecule has 36 valence electrons. The van der Waals surface area contributed by atoms with Gasteiger partial charge in [-0.15, -0.1) is 5.11 Å². The molecule has 0 bridgehead atoms. The minimum absolute atomic E-state index is 0.0139. The molecule has 1 amide bonds. The molecule has 4 nitrogen and oxygen atoms in total. The molecule has 1 N–H and O–H groups in total. The number of hydrogen-bond donors (Lipinski definition) is 1. The molecule has 1 aliphatic rings. The Morgan fingerprint density at radius 3 is 2.57 bits per heavy atom. The molecule has 0 unspecified atom stereocenters. The number of amides is 1. The number of carbonyl (C=O) groups excluding carboxylic acids is 1. The van der Waals surface area contributed by atoms with Gasteiger partial charge in [0.1, 0.15) is 12.3 Å². The van der Waals surface area contributed by atoms with Gasteiger partial charge in [-0.05, 0) is 0 Å². The standard InChI is InChI=1S/C3H3N3O/c4-2-1-5-6-3(2)7/h4H,1H2. The van der Waals surface area contributed by atoms with Crippen molar-refractivity contribution in [3.8, 4) is 0 Å². The van der Waals surface area contributed by atoms with Crippen molar-refractivity contribution in [2.45, 2.75) is 0 Å². The van der Waals surface area contributed by atoms with Crippen LogP contribution in [0.4, 0.5) is 0 Å². The summed E-state index contributed by atoms with van der Waals surface area (Å²) in [6.07, 6.45) is 0. The highest BCUT2D eigenvalue weighted by Crippen LogP contribution is 1.91. The molecular weight excluding hydrogens is 94.1 g/mol. The van der Waals surface area contributed by atoms with E-state index in [4.69, 9.17) is 5.41 Å². The Kier molecular flexibility index (Phi) is 0.714. The van der Waals surface area contributed by atoms with E-state index in [1.807, 2.05) is 0 Å². The smallest absolute Gasteiger partial charge is 0.298 e. The van der Waals surface area contributed by atoms with Crippen LogP contribution in [0.1, 0.15) is 0 Å². The van der Waals surface area contributed by atoms with Gasteiger partial charge in [-0.2, -0.15) is 5.11 Å². The predicted octanol–water partition coefficient (Wildman–Crippen LogP) is -0.00143. The third-order valence-electron chi connectivity index (χ3n) is 0.649. The van der Waals surface area contributed by atoms with Gasteiger partial charge in [0.05, 0.1) is 0 Å². The van der Waals surface area contributed by atoms with E-state index in [0.717, 1.165) is 0 Å². The number of carbonyl (C=O) groups is 1. The van der Waals surface area contributed by atoms with Gasteiger partial charge < -0.3 is 0 Å². The second kappa shape index (κ2) is 1.22. The number of nitrogens with zero attached hydrogens (tertiary/aromatic N) is 2. The average Bonchev–Trinajstić information content (AvgIpc) is 1.91. The molecule has 0 aromatic heterocycles. The summed E-state index contributed by atoms with van der Waals surface area (Å²) in [5.74, 6) is -0.500. The highest BCUT2D eigenvalue weighted by Gasteiger charge is 2.12. The molecule has 0 aromatic carbocycles. The molecule has 0 saturated heterocycles. The van der Waals surface area contributed by atoms with Gasteiger partial charge in [0.15, 0.2) is 0 Å². The van der Waals surface area contributed by atoms with Crippen LogP contribution in [0.3, 0.4) is 0 Å². The Morgan fingerprint density at radius 2 is 2.43 bits per heavy atom. The molecule has 0 fully saturated rings. The molecule has 1 aliphatic heterocycles. The molecular formula is C3H3N3O. The monoisotopic (exact) mass is 97.0 g/mol. The van der Waals surface area contributed by atoms with Gasteiger partial charge in [0.25, 0.3) is 0 Å². The maximum absolute atomic E-state index is 10.1. The Bertz CT molecular complexity index is 148. The van der Waals surface area contributed by atoms with E-state index in [1.165, 1.54) is 0 Å². The fourth-order valence-corrected chi connectivity index (χ4v) is 0.298. The van der Waals surface area contributed by atoms with Gasteiger partial charge in [-0.3, -0.25) is 10.2 Å². The molecule has 0 saturated carbocycles. The Morgan fingerprint density at radius 1 is 1.71 bits per heavy atom. The Labute approximate surface area is 39.8 Å². The van der Waals surface area contributed by atoms with Gasteiger partial charge in [0, 0.05) is 0 Å². The average molecular weight is 97.1 g/mol. The topological polar surface area (TPSA) is 65.6 Å². The quantitative estimate of drug-likeness (QED) is 0.454. The largest absolute Gasteiger partial charge is 0.310 e. The molecule has 1 heterocycles. The lowest BCUT2D eigenvalue weighted by atomic mass is 10.4. The SMILES string of the molecule is N=C1CN=NC1=O. The number of nitrogens with one attached hydrogen (secondary N) is 1. The van der Waals surface area contributed by atoms with E-state index in [9.17, 15) is 4.79 Å². The lowest BCUT2D eigenvalue weighted by molar-refractivity contribution is -0.111. The summed E-state index contributed by atoms with van der Waals surface area (Å²) in [5, 5.41) is 13.1. The van der Waals surface area contributed by atoms with Crippen molar-refractivity contribution in [1.82, 2.24) is 0 Å². The van der Waals surface area contributed by atoms with E-state index in [2.05, 4.69) is 10.2 Å². The molecule has 0 radical (unpaired) electrons. The third kappa shape index (κ3) is 0.534. The minimum atomic E-state index is -0.500. The summed E-state index contributed by atoms with van der Waals surface area (Å²) in [5.41, 5.74) is -0.0139. The first-order valence-corrected chi connectivity index (χ1v) is 1.80. The van der Waals surface area contributed by atoms with Crippen molar-refractivity contribution in [2.24, 2.45) is 10.2 Å². The van der Waals surface area contributed by atoms with Crippen LogP contribution >= 0.6 is 0 Å². The summed E-state index contributed by atoms with van der Waals surface area (Å²) in [6, 6.07) is 0. The van der Waals surface area contributed by atoms with E-state index >= 15 is 0 Å². The van der Waals surface area contributed by atoms with Crippen LogP contribution in [-0.4, -0.2) is 18.2 Å². The normalized spacial score (nSPS) is 18.9. The second-order valence-electron chi connectivity index (χ2n) is 1.18. The lowest BCUT2D eigenvalue weighted by Crippen LogP contribution is -2.05. The van der Waals surface area contributed by atoms with Gasteiger partial charge in [-0.1, -0.05) is 0 Å². The van der Waals surface area contributed by atoms with Crippen LogP contribution in [0.15, 0.2) is 10.2 Å². The summed E-state index contributed by atoms with van der Waals surface area (Å²) in [7, 11) is 0. The number of hydrogen-bond acceptors (Lipinski definition) is 3. The first kappa shape index (κ1) is 4.11. The van der Waals surface area contributed by atoms with Crippen molar-refractivity contribution in [3.05, 3.63) is 0 Å². The van der Waals surface area contributed by atoms with Crippen molar-refractivity contribution in [2.75, 3.05) is 6.54 Å². The zero-order valence-electron chi connectivity index (χ0n) is 3.51. The summed E-state index contributed by atoms with van der Waals surface area (Å²) in [6.45, 7) is 0.166. The highest BCUT2D eigenvalue weighted by molar-refractivity contribution is 6.39. The fourth-order valence-electron chi connectivity index (χ4n) is 0.298. The van der Waals surface area contributed by atoms with Crippen LogP contribution in [0, 0.1) is 5.41 Å². The van der Waals surface area contributed by atoms with Crippen LogP contribution < -0.4 is 0 Å². The van der Waals surface area contributed by atoms with Crippen molar-refractivity contribution >= 4 is 11.6 Å². The maximum Gasteiger partial charge on any atom is 0.310 e. The summed E-state index contributed by atoms with van der Waals surface area (Å²) >= 11 is 0. The first-order valence-electron chi connectivity index (χ1n) is 1.80. The predicted molar refractivity (Wildman–Crippen MR) is 22.5 cm³/mol. The summed E-state index contributed by atoms with van der Waals surface area (Å²) in [4.78, 5) is 10.1. The Hall–Kier alpha value is -1.06. The van der Waals surface area contributed by atoms with Gasteiger partial charge >= 0.3 is 5.91 Å². The lowest BCUT2D eigenvalue weighted by Gasteiger charge is -1.73. The molecule has 4 heteroatoms. The number of azo groups is 1. The van der Waals surface area contributed by atoms with Crippen LogP contribution in [0.2, 0.25) is 0 Å². The number of rotatable bonds is 0. The Balaban J connectivity index is 2.81. The third-order valence-corrected chi connectivity index (χ3v) is 0.649. The highest BCUT2D eigenvalue weighted by atomic mass is 16.2. The van der Waals surface area contributed by atoms with Crippen molar-refractivity contribution < 1.29 is 4.79 Å². The summed E-state index contributed by atoms with van der Waals surface area (Å²) < 4.78 is 0.